The molecule has 0 bridgehead atoms. The molecule has 0 saturated carbocycles. The molecule has 3 rings (SSSR count). The van der Waals surface area contributed by atoms with Crippen LogP contribution in [-0.2, 0) is 21.7 Å². The molecule has 3 aromatic heterocycles. The zero-order valence-corrected chi connectivity index (χ0v) is 19.3. The van der Waals surface area contributed by atoms with Gasteiger partial charge < -0.3 is 52.5 Å². The van der Waals surface area contributed by atoms with Crippen LogP contribution in [0, 0.1) is 47.5 Å². The third kappa shape index (κ3) is 4.49. The number of rotatable bonds is 3. The maximum absolute atomic E-state index is 4.37. The summed E-state index contributed by atoms with van der Waals surface area (Å²) in [5.41, 5.74) is 9.46. The van der Waals surface area contributed by atoms with Gasteiger partial charge in [0.2, 0.25) is 0 Å². The molecule has 10 heteroatoms. The smallest absolute Gasteiger partial charge is 1.00 e. The minimum atomic E-state index is 0. The first-order valence-electron chi connectivity index (χ1n) is 7.34. The normalized spacial score (nSPS) is 9.46. The summed E-state index contributed by atoms with van der Waals surface area (Å²) in [7, 11) is 0. The molecule has 3 N–H and O–H groups in total. The van der Waals surface area contributed by atoms with E-state index < -0.39 is 0 Å². The van der Waals surface area contributed by atoms with Gasteiger partial charge >= 0.3 is 21.7 Å². The third-order valence-corrected chi connectivity index (χ3v) is 4.13. The fourth-order valence-corrected chi connectivity index (χ4v) is 3.13. The molecule has 3 aromatic rings. The van der Waals surface area contributed by atoms with E-state index in [9.17, 15) is 0 Å². The Balaban J connectivity index is 0. The van der Waals surface area contributed by atoms with Gasteiger partial charge in [-0.3, -0.25) is 0 Å². The quantitative estimate of drug-likeness (QED) is 0.274. The largest absolute Gasteiger partial charge is 4.00 e. The van der Waals surface area contributed by atoms with Crippen LogP contribution in [0.1, 0.15) is 50.9 Å². The van der Waals surface area contributed by atoms with Crippen molar-refractivity contribution in [3.8, 4) is 0 Å². The topological polar surface area (TPSA) is 86.0 Å². The van der Waals surface area contributed by atoms with E-state index in [1.807, 2.05) is 41.5 Å². The minimum absolute atomic E-state index is 0. The molecule has 0 atom stereocenters. The standard InChI is InChI=1S/C16H21N6.3ClH.Ti/c1-7-13(8(2)18-17-7)16(14-9(3)19-20-10(14)4)15-11(5)21-22-12(15)6;;;;/h1-6H3,(H,17,18)(H,19,20)(H,21,22);3*1H;/q-1;;;;+4/p-3. The van der Waals surface area contributed by atoms with Gasteiger partial charge in [-0.05, 0) is 75.3 Å². The molecule has 26 heavy (non-hydrogen) atoms. The molecule has 0 spiro atoms. The van der Waals surface area contributed by atoms with Gasteiger partial charge in [0, 0.05) is 17.1 Å². The van der Waals surface area contributed by atoms with Crippen LogP contribution >= 0.6 is 0 Å². The maximum atomic E-state index is 4.37. The predicted octanol–water partition coefficient (Wildman–Crippen LogP) is -6.26. The van der Waals surface area contributed by atoms with Gasteiger partial charge in [0.25, 0.3) is 0 Å². The number of nitrogens with zero attached hydrogens (tertiary/aromatic N) is 3. The van der Waals surface area contributed by atoms with Crippen LogP contribution in [0.15, 0.2) is 0 Å². The molecule has 0 aliphatic carbocycles. The minimum Gasteiger partial charge on any atom is -1.00 e. The Morgan fingerprint density at radius 3 is 0.923 bits per heavy atom. The van der Waals surface area contributed by atoms with Gasteiger partial charge in [-0.15, -0.1) is 0 Å². The Morgan fingerprint density at radius 2 is 0.769 bits per heavy atom. The van der Waals surface area contributed by atoms with E-state index in [0.717, 1.165) is 56.8 Å². The third-order valence-electron chi connectivity index (χ3n) is 4.13. The molecule has 0 amide bonds. The van der Waals surface area contributed by atoms with Crippen molar-refractivity contribution < 1.29 is 58.9 Å². The Hall–Kier alpha value is -0.916. The van der Waals surface area contributed by atoms with Crippen molar-refractivity contribution in [1.82, 2.24) is 30.6 Å². The van der Waals surface area contributed by atoms with E-state index in [1.165, 1.54) is 0 Å². The molecule has 0 fully saturated rings. The van der Waals surface area contributed by atoms with E-state index in [1.54, 1.807) is 0 Å². The van der Waals surface area contributed by atoms with Gasteiger partial charge in [0.05, 0.1) is 0 Å². The van der Waals surface area contributed by atoms with E-state index in [2.05, 4.69) is 30.6 Å². The molecular formula is C16H21Cl3N6Ti. The molecule has 3 heterocycles. The monoisotopic (exact) mass is 450 g/mol. The summed E-state index contributed by atoms with van der Waals surface area (Å²) in [6, 6.07) is 0. The number of halogens is 3. The molecule has 0 saturated heterocycles. The molecule has 0 aromatic carbocycles. The molecule has 6 nitrogen and oxygen atoms in total. The van der Waals surface area contributed by atoms with Gasteiger partial charge in [-0.2, -0.15) is 0 Å². The number of aryl methyl sites for hydroxylation is 6. The second-order valence-electron chi connectivity index (χ2n) is 5.80. The first kappa shape index (κ1) is 27.3. The zero-order valence-electron chi connectivity index (χ0n) is 15.5. The van der Waals surface area contributed by atoms with Crippen molar-refractivity contribution in [2.45, 2.75) is 41.5 Å². The summed E-state index contributed by atoms with van der Waals surface area (Å²) in [5.74, 6) is 1.14. The van der Waals surface area contributed by atoms with Crippen LogP contribution in [0.5, 0.6) is 0 Å². The number of H-pyrrole nitrogens is 3. The van der Waals surface area contributed by atoms with E-state index in [0.29, 0.717) is 0 Å². The summed E-state index contributed by atoms with van der Waals surface area (Å²) in [6.07, 6.45) is 0. The Labute approximate surface area is 187 Å². The average Bonchev–Trinajstić information content (AvgIpc) is 3.08. The van der Waals surface area contributed by atoms with E-state index in [4.69, 9.17) is 0 Å². The van der Waals surface area contributed by atoms with Crippen molar-refractivity contribution in [3.05, 3.63) is 56.8 Å². The van der Waals surface area contributed by atoms with Gasteiger partial charge in [0.15, 0.2) is 0 Å². The second-order valence-corrected chi connectivity index (χ2v) is 5.80. The van der Waals surface area contributed by atoms with Crippen molar-refractivity contribution >= 4 is 0 Å². The van der Waals surface area contributed by atoms with Crippen molar-refractivity contribution in [2.75, 3.05) is 0 Å². The fraction of sp³-hybridized carbons (Fsp3) is 0.375. The van der Waals surface area contributed by atoms with Crippen molar-refractivity contribution in [2.24, 2.45) is 0 Å². The number of nitrogens with one attached hydrogen (secondary N) is 3. The van der Waals surface area contributed by atoms with Crippen LogP contribution in [0.25, 0.3) is 0 Å². The summed E-state index contributed by atoms with van der Waals surface area (Å²) in [4.78, 5) is 0. The number of aromatic amines is 3. The molecule has 0 aliphatic rings. The second kappa shape index (κ2) is 10.4. The molecule has 0 radical (unpaired) electrons. The number of hydrogen-bond donors (Lipinski definition) is 3. The summed E-state index contributed by atoms with van der Waals surface area (Å²) >= 11 is 0. The maximum Gasteiger partial charge on any atom is 4.00 e. The van der Waals surface area contributed by atoms with E-state index in [-0.39, 0.29) is 58.9 Å². The Kier molecular flexibility index (Phi) is 10.9. The molecule has 0 aliphatic heterocycles. The van der Waals surface area contributed by atoms with Crippen LogP contribution in [0.3, 0.4) is 0 Å². The zero-order chi connectivity index (χ0) is 16.0. The fourth-order valence-electron chi connectivity index (χ4n) is 3.13. The first-order chi connectivity index (χ1) is 10.4. The van der Waals surface area contributed by atoms with E-state index >= 15 is 0 Å². The SMILES string of the molecule is Cc1n[nH]c(C)c1[C-](c1c(C)n[nH]c1C)c1c(C)n[nH]c1C.[Cl-].[Cl-].[Cl-].[Ti+4]. The van der Waals surface area contributed by atoms with Gasteiger partial charge in [0.1, 0.15) is 0 Å². The van der Waals surface area contributed by atoms with Crippen molar-refractivity contribution in [1.29, 1.82) is 0 Å². The molecular weight excluding hydrogens is 430 g/mol. The molecule has 140 valence electrons. The van der Waals surface area contributed by atoms with Gasteiger partial charge in [-0.1, -0.05) is 5.92 Å². The van der Waals surface area contributed by atoms with Crippen LogP contribution < -0.4 is 37.2 Å². The van der Waals surface area contributed by atoms with Crippen LogP contribution in [-0.4, -0.2) is 30.6 Å². The molecule has 0 unspecified atom stereocenters. The van der Waals surface area contributed by atoms with Crippen LogP contribution in [0.4, 0.5) is 0 Å². The summed E-state index contributed by atoms with van der Waals surface area (Å²) in [6.45, 7) is 12.2. The van der Waals surface area contributed by atoms with Gasteiger partial charge in [-0.25, -0.2) is 15.3 Å². The Morgan fingerprint density at radius 1 is 0.538 bits per heavy atom. The van der Waals surface area contributed by atoms with Crippen molar-refractivity contribution in [3.63, 3.8) is 0 Å². The predicted molar refractivity (Wildman–Crippen MR) is 84.7 cm³/mol. The average molecular weight is 452 g/mol. The number of aromatic nitrogens is 6. The first-order valence-corrected chi connectivity index (χ1v) is 7.34. The summed E-state index contributed by atoms with van der Waals surface area (Å²) in [5, 5.41) is 22.4. The summed E-state index contributed by atoms with van der Waals surface area (Å²) < 4.78 is 0. The van der Waals surface area contributed by atoms with Crippen LogP contribution in [0.2, 0.25) is 0 Å². The Bertz CT molecular complexity index is 671. The number of hydrogen-bond acceptors (Lipinski definition) is 3.